The van der Waals surface area contributed by atoms with Gasteiger partial charge >= 0.3 is 0 Å². The van der Waals surface area contributed by atoms with E-state index in [9.17, 15) is 0 Å². The van der Waals surface area contributed by atoms with E-state index in [1.807, 2.05) is 6.92 Å². The highest BCUT2D eigenvalue weighted by atomic mass is 14.9. The summed E-state index contributed by atoms with van der Waals surface area (Å²) in [7, 11) is 0. The van der Waals surface area contributed by atoms with Crippen LogP contribution in [0.5, 0.6) is 0 Å². The molecule has 2 heteroatoms. The Labute approximate surface area is 48.7 Å². The second-order valence-corrected chi connectivity index (χ2v) is 1.77. The SMILES string of the molecule is C=C1CN=CN=C1C. The van der Waals surface area contributed by atoms with Gasteiger partial charge in [-0.3, -0.25) is 4.99 Å². The Hall–Kier alpha value is -0.920. The van der Waals surface area contributed by atoms with E-state index < -0.39 is 0 Å². The highest BCUT2D eigenvalue weighted by Gasteiger charge is 1.98. The first-order valence-corrected chi connectivity index (χ1v) is 2.51. The molecular weight excluding hydrogens is 100 g/mol. The van der Waals surface area contributed by atoms with Gasteiger partial charge in [-0.2, -0.15) is 0 Å². The molecule has 1 heterocycles. The first kappa shape index (κ1) is 5.22. The number of nitrogens with zero attached hydrogens (tertiary/aromatic N) is 2. The van der Waals surface area contributed by atoms with E-state index in [2.05, 4.69) is 16.6 Å². The van der Waals surface area contributed by atoms with Gasteiger partial charge in [-0.05, 0) is 12.5 Å². The average molecular weight is 108 g/mol. The van der Waals surface area contributed by atoms with Gasteiger partial charge in [0.1, 0.15) is 6.34 Å². The van der Waals surface area contributed by atoms with Gasteiger partial charge in [0.15, 0.2) is 0 Å². The normalized spacial score (nSPS) is 18.6. The summed E-state index contributed by atoms with van der Waals surface area (Å²) in [6, 6.07) is 0. The van der Waals surface area contributed by atoms with Crippen molar-refractivity contribution in [3.05, 3.63) is 12.2 Å². The van der Waals surface area contributed by atoms with Crippen molar-refractivity contribution in [2.75, 3.05) is 6.54 Å². The minimum Gasteiger partial charge on any atom is -0.269 e. The molecule has 2 nitrogen and oxygen atoms in total. The topological polar surface area (TPSA) is 24.7 Å². The molecule has 0 aliphatic carbocycles. The molecule has 0 aromatic rings. The molecule has 1 aliphatic heterocycles. The fraction of sp³-hybridized carbons (Fsp3) is 0.333. The molecule has 1 rings (SSSR count). The van der Waals surface area contributed by atoms with Crippen molar-refractivity contribution >= 4 is 12.1 Å². The summed E-state index contributed by atoms with van der Waals surface area (Å²) in [5, 5.41) is 0. The lowest BCUT2D eigenvalue weighted by molar-refractivity contribution is 1.18. The zero-order valence-corrected chi connectivity index (χ0v) is 4.89. The predicted octanol–water partition coefficient (Wildman–Crippen LogP) is 1.05. The Morgan fingerprint density at radius 1 is 1.75 bits per heavy atom. The Morgan fingerprint density at radius 2 is 2.50 bits per heavy atom. The maximum Gasteiger partial charge on any atom is 0.110 e. The third-order valence-corrected chi connectivity index (χ3v) is 1.13. The van der Waals surface area contributed by atoms with Gasteiger partial charge in [0, 0.05) is 5.71 Å². The lowest BCUT2D eigenvalue weighted by atomic mass is 10.2. The van der Waals surface area contributed by atoms with E-state index in [1.165, 1.54) is 0 Å². The molecule has 0 radical (unpaired) electrons. The average Bonchev–Trinajstić information content (AvgIpc) is 1.77. The van der Waals surface area contributed by atoms with E-state index in [4.69, 9.17) is 0 Å². The van der Waals surface area contributed by atoms with Crippen LogP contribution in [0, 0.1) is 0 Å². The van der Waals surface area contributed by atoms with Crippen molar-refractivity contribution in [1.29, 1.82) is 0 Å². The highest BCUT2D eigenvalue weighted by molar-refractivity contribution is 6.03. The van der Waals surface area contributed by atoms with Crippen molar-refractivity contribution < 1.29 is 0 Å². The Bertz CT molecular complexity index is 165. The molecule has 0 spiro atoms. The molecular formula is C6H8N2. The van der Waals surface area contributed by atoms with Gasteiger partial charge in [0.2, 0.25) is 0 Å². The molecule has 0 saturated carbocycles. The molecule has 0 bridgehead atoms. The van der Waals surface area contributed by atoms with Crippen molar-refractivity contribution in [3.8, 4) is 0 Å². The fourth-order valence-electron chi connectivity index (χ4n) is 0.484. The number of hydrogen-bond donors (Lipinski definition) is 0. The maximum absolute atomic E-state index is 3.94. The molecule has 42 valence electrons. The zero-order valence-electron chi connectivity index (χ0n) is 4.89. The van der Waals surface area contributed by atoms with E-state index in [1.54, 1.807) is 6.34 Å². The largest absolute Gasteiger partial charge is 0.269 e. The monoisotopic (exact) mass is 108 g/mol. The van der Waals surface area contributed by atoms with Crippen LogP contribution in [-0.2, 0) is 0 Å². The van der Waals surface area contributed by atoms with E-state index in [-0.39, 0.29) is 0 Å². The Kier molecular flexibility index (Phi) is 1.24. The maximum atomic E-state index is 3.94. The van der Waals surface area contributed by atoms with Crippen molar-refractivity contribution in [2.24, 2.45) is 9.98 Å². The second kappa shape index (κ2) is 1.90. The molecule has 0 amide bonds. The fourth-order valence-corrected chi connectivity index (χ4v) is 0.484. The molecule has 0 aromatic carbocycles. The smallest absolute Gasteiger partial charge is 0.110 e. The minimum absolute atomic E-state index is 0.718. The first-order chi connectivity index (χ1) is 3.80. The third kappa shape index (κ3) is 0.832. The summed E-state index contributed by atoms with van der Waals surface area (Å²) in [6.07, 6.45) is 1.57. The zero-order chi connectivity index (χ0) is 5.98. The lowest BCUT2D eigenvalue weighted by Gasteiger charge is -2.02. The molecule has 0 saturated heterocycles. The van der Waals surface area contributed by atoms with Crippen LogP contribution in [0.15, 0.2) is 22.1 Å². The lowest BCUT2D eigenvalue weighted by Crippen LogP contribution is -2.03. The molecule has 0 aromatic heterocycles. The minimum atomic E-state index is 0.718. The summed E-state index contributed by atoms with van der Waals surface area (Å²) < 4.78 is 0. The van der Waals surface area contributed by atoms with Gasteiger partial charge in [-0.25, -0.2) is 4.99 Å². The van der Waals surface area contributed by atoms with Gasteiger partial charge in [0.25, 0.3) is 0 Å². The van der Waals surface area contributed by atoms with Gasteiger partial charge in [-0.1, -0.05) is 6.58 Å². The van der Waals surface area contributed by atoms with E-state index >= 15 is 0 Å². The molecule has 0 N–H and O–H groups in total. The van der Waals surface area contributed by atoms with Crippen LogP contribution < -0.4 is 0 Å². The first-order valence-electron chi connectivity index (χ1n) is 2.51. The van der Waals surface area contributed by atoms with Gasteiger partial charge in [-0.15, -0.1) is 0 Å². The summed E-state index contributed by atoms with van der Waals surface area (Å²) in [5.74, 6) is 0. The van der Waals surface area contributed by atoms with Crippen LogP contribution in [0.2, 0.25) is 0 Å². The van der Waals surface area contributed by atoms with Crippen LogP contribution >= 0.6 is 0 Å². The van der Waals surface area contributed by atoms with Crippen LogP contribution in [0.1, 0.15) is 6.92 Å². The summed E-state index contributed by atoms with van der Waals surface area (Å²) in [6.45, 7) is 6.41. The third-order valence-electron chi connectivity index (χ3n) is 1.13. The predicted molar refractivity (Wildman–Crippen MR) is 35.6 cm³/mol. The summed E-state index contributed by atoms with van der Waals surface area (Å²) in [4.78, 5) is 7.83. The van der Waals surface area contributed by atoms with Gasteiger partial charge in [0.05, 0.1) is 6.54 Å². The Morgan fingerprint density at radius 3 is 2.88 bits per heavy atom. The molecule has 0 unspecified atom stereocenters. The van der Waals surface area contributed by atoms with Crippen LogP contribution in [0.4, 0.5) is 0 Å². The standard InChI is InChI=1S/C6H8N2/c1-5-3-7-4-8-6(5)2/h4H,1,3H2,2H3. The molecule has 0 fully saturated rings. The number of rotatable bonds is 0. The van der Waals surface area contributed by atoms with Crippen molar-refractivity contribution in [1.82, 2.24) is 0 Å². The summed E-state index contributed by atoms with van der Waals surface area (Å²) >= 11 is 0. The van der Waals surface area contributed by atoms with E-state index in [0.29, 0.717) is 0 Å². The van der Waals surface area contributed by atoms with Crippen LogP contribution in [-0.4, -0.2) is 18.6 Å². The van der Waals surface area contributed by atoms with Gasteiger partial charge < -0.3 is 0 Å². The molecule has 0 atom stereocenters. The van der Waals surface area contributed by atoms with Crippen molar-refractivity contribution in [2.45, 2.75) is 6.92 Å². The second-order valence-electron chi connectivity index (χ2n) is 1.77. The number of hydrogen-bond acceptors (Lipinski definition) is 2. The highest BCUT2D eigenvalue weighted by Crippen LogP contribution is 1.98. The summed E-state index contributed by atoms with van der Waals surface area (Å²) in [5.41, 5.74) is 2.02. The Balaban J connectivity index is 2.80. The number of aliphatic imine (C=N–C) groups is 2. The van der Waals surface area contributed by atoms with Crippen LogP contribution in [0.3, 0.4) is 0 Å². The molecule has 1 aliphatic rings. The molecule has 8 heavy (non-hydrogen) atoms. The van der Waals surface area contributed by atoms with E-state index in [0.717, 1.165) is 17.8 Å². The van der Waals surface area contributed by atoms with Crippen LogP contribution in [0.25, 0.3) is 0 Å². The van der Waals surface area contributed by atoms with Crippen molar-refractivity contribution in [3.63, 3.8) is 0 Å². The quantitative estimate of drug-likeness (QED) is 0.443.